The van der Waals surface area contributed by atoms with Gasteiger partial charge in [0.2, 0.25) is 5.91 Å². The van der Waals surface area contributed by atoms with Crippen LogP contribution >= 0.6 is 0 Å². The number of aromatic nitrogens is 1. The lowest BCUT2D eigenvalue weighted by atomic mass is 9.87. The van der Waals surface area contributed by atoms with Crippen molar-refractivity contribution in [3.63, 3.8) is 0 Å². The average Bonchev–Trinajstić information content (AvgIpc) is 2.80. The molecule has 2 aromatic rings. The Bertz CT molecular complexity index is 944. The molecule has 1 aromatic heterocycles. The molecule has 0 spiro atoms. The molecule has 0 unspecified atom stereocenters. The van der Waals surface area contributed by atoms with Crippen molar-refractivity contribution >= 4 is 11.8 Å². The molecule has 2 amide bonds. The number of likely N-dealkylation sites (N-methyl/N-ethyl adjacent to an activating group) is 1. The molecular formula is C25H29N3O3. The van der Waals surface area contributed by atoms with Gasteiger partial charge in [-0.15, -0.1) is 0 Å². The zero-order valence-electron chi connectivity index (χ0n) is 17.9. The fraction of sp³-hybridized carbons (Fsp3) is 0.400. The molecule has 0 N–H and O–H groups in total. The van der Waals surface area contributed by atoms with Crippen LogP contribution < -0.4 is 4.74 Å². The van der Waals surface area contributed by atoms with E-state index in [9.17, 15) is 9.59 Å². The molecular weight excluding hydrogens is 390 g/mol. The normalized spacial score (nSPS) is 21.9. The van der Waals surface area contributed by atoms with Gasteiger partial charge in [-0.2, -0.15) is 0 Å². The van der Waals surface area contributed by atoms with Crippen molar-refractivity contribution in [1.82, 2.24) is 14.8 Å². The number of ether oxygens (including phenoxy) is 1. The number of likely N-dealkylation sites (tertiary alicyclic amines) is 1. The molecule has 4 rings (SSSR count). The third-order valence-electron chi connectivity index (χ3n) is 6.28. The maximum atomic E-state index is 12.9. The van der Waals surface area contributed by atoms with Gasteiger partial charge in [0, 0.05) is 44.5 Å². The number of benzene rings is 1. The van der Waals surface area contributed by atoms with Gasteiger partial charge in [0.15, 0.2) is 6.61 Å². The highest BCUT2D eigenvalue weighted by molar-refractivity contribution is 5.79. The smallest absolute Gasteiger partial charge is 0.260 e. The summed E-state index contributed by atoms with van der Waals surface area (Å²) in [4.78, 5) is 33.6. The predicted molar refractivity (Wildman–Crippen MR) is 119 cm³/mol. The minimum Gasteiger partial charge on any atom is -0.483 e. The number of fused-ring (bicyclic) bond motifs is 2. The second kappa shape index (κ2) is 9.77. The molecule has 6 nitrogen and oxygen atoms in total. The quantitative estimate of drug-likeness (QED) is 0.703. The summed E-state index contributed by atoms with van der Waals surface area (Å²) in [6.45, 7) is 1.35. The molecule has 1 saturated heterocycles. The van der Waals surface area contributed by atoms with E-state index in [2.05, 4.69) is 17.1 Å². The first kappa shape index (κ1) is 21.1. The molecule has 31 heavy (non-hydrogen) atoms. The van der Waals surface area contributed by atoms with Crippen LogP contribution in [0.25, 0.3) is 0 Å². The lowest BCUT2D eigenvalue weighted by Crippen LogP contribution is -2.53. The standard InChI is InChI=1S/C25H29N3O3/c1-27-22-12-14-28(24(29)15-19-7-6-13-26-16-19)17-21(22)10-3-2-8-20-9-4-5-11-23(20)31-18-25(27)30/h2-7,9,11,13,16,21-22H,8,10,12,14-15,17-18H2,1H3/t21-,22+/m0/s1. The van der Waals surface area contributed by atoms with E-state index in [4.69, 9.17) is 4.74 Å². The highest BCUT2D eigenvalue weighted by Crippen LogP contribution is 2.27. The Morgan fingerprint density at radius 3 is 2.90 bits per heavy atom. The van der Waals surface area contributed by atoms with Gasteiger partial charge in [-0.25, -0.2) is 0 Å². The molecule has 0 aliphatic carbocycles. The van der Waals surface area contributed by atoms with Crippen LogP contribution in [0.15, 0.2) is 60.9 Å². The average molecular weight is 420 g/mol. The molecule has 0 saturated carbocycles. The van der Waals surface area contributed by atoms with Crippen LogP contribution in [-0.2, 0) is 22.4 Å². The van der Waals surface area contributed by atoms with Crippen molar-refractivity contribution in [3.05, 3.63) is 72.1 Å². The summed E-state index contributed by atoms with van der Waals surface area (Å²) in [5, 5.41) is 0. The number of allylic oxidation sites excluding steroid dienone is 2. The number of rotatable bonds is 2. The van der Waals surface area contributed by atoms with Crippen molar-refractivity contribution in [2.24, 2.45) is 5.92 Å². The second-order valence-corrected chi connectivity index (χ2v) is 8.31. The van der Waals surface area contributed by atoms with Gasteiger partial charge in [-0.3, -0.25) is 14.6 Å². The zero-order valence-corrected chi connectivity index (χ0v) is 17.9. The van der Waals surface area contributed by atoms with Gasteiger partial charge in [-0.1, -0.05) is 36.4 Å². The van der Waals surface area contributed by atoms with E-state index in [0.717, 1.165) is 36.1 Å². The Morgan fingerprint density at radius 2 is 2.06 bits per heavy atom. The number of para-hydroxylation sites is 1. The van der Waals surface area contributed by atoms with Crippen LogP contribution in [0.1, 0.15) is 24.0 Å². The van der Waals surface area contributed by atoms with E-state index < -0.39 is 0 Å². The molecule has 2 aliphatic heterocycles. The van der Waals surface area contributed by atoms with Crippen molar-refractivity contribution in [2.45, 2.75) is 31.7 Å². The first-order valence-corrected chi connectivity index (χ1v) is 10.9. The molecule has 2 atom stereocenters. The lowest BCUT2D eigenvalue weighted by Gasteiger charge is -2.42. The minimum absolute atomic E-state index is 0.0236. The Hall–Kier alpha value is -3.15. The number of pyridine rings is 1. The van der Waals surface area contributed by atoms with Crippen LogP contribution in [0.4, 0.5) is 0 Å². The van der Waals surface area contributed by atoms with Gasteiger partial charge < -0.3 is 14.5 Å². The summed E-state index contributed by atoms with van der Waals surface area (Å²) in [5.74, 6) is 1.06. The van der Waals surface area contributed by atoms with E-state index in [1.807, 2.05) is 53.2 Å². The number of amides is 2. The molecule has 3 heterocycles. The third-order valence-corrected chi connectivity index (χ3v) is 6.28. The number of hydrogen-bond donors (Lipinski definition) is 0. The molecule has 0 radical (unpaired) electrons. The molecule has 0 bridgehead atoms. The number of nitrogens with zero attached hydrogens (tertiary/aromatic N) is 3. The van der Waals surface area contributed by atoms with E-state index in [1.165, 1.54) is 0 Å². The predicted octanol–water partition coefficient (Wildman–Crippen LogP) is 2.88. The van der Waals surface area contributed by atoms with Crippen LogP contribution in [0.2, 0.25) is 0 Å². The van der Waals surface area contributed by atoms with Crippen molar-refractivity contribution in [1.29, 1.82) is 0 Å². The lowest BCUT2D eigenvalue weighted by molar-refractivity contribution is -0.139. The van der Waals surface area contributed by atoms with Gasteiger partial charge in [0.25, 0.3) is 5.91 Å². The maximum Gasteiger partial charge on any atom is 0.260 e. The third kappa shape index (κ3) is 5.13. The minimum atomic E-state index is -0.0236. The number of carbonyl (C=O) groups is 2. The maximum absolute atomic E-state index is 12.9. The Morgan fingerprint density at radius 1 is 1.19 bits per heavy atom. The highest BCUT2D eigenvalue weighted by atomic mass is 16.5. The first-order valence-electron chi connectivity index (χ1n) is 10.9. The number of piperidine rings is 1. The largest absolute Gasteiger partial charge is 0.483 e. The van der Waals surface area contributed by atoms with Gasteiger partial charge >= 0.3 is 0 Å². The van der Waals surface area contributed by atoms with Crippen molar-refractivity contribution < 1.29 is 14.3 Å². The number of hydrogen-bond acceptors (Lipinski definition) is 4. The fourth-order valence-corrected chi connectivity index (χ4v) is 4.50. The first-order chi connectivity index (χ1) is 15.1. The highest BCUT2D eigenvalue weighted by Gasteiger charge is 2.35. The Balaban J connectivity index is 1.48. The molecule has 2 aliphatic rings. The SMILES string of the molecule is CN1C(=O)COc2ccccc2CC=CC[C@H]2CN(C(=O)Cc3cccnc3)CC[C@H]21. The molecule has 1 fully saturated rings. The summed E-state index contributed by atoms with van der Waals surface area (Å²) in [5.41, 5.74) is 2.00. The molecule has 1 aromatic carbocycles. The van der Waals surface area contributed by atoms with E-state index in [0.29, 0.717) is 19.5 Å². The topological polar surface area (TPSA) is 62.7 Å². The summed E-state index contributed by atoms with van der Waals surface area (Å²) in [6, 6.07) is 11.7. The van der Waals surface area contributed by atoms with Gasteiger partial charge in [0.05, 0.1) is 6.42 Å². The van der Waals surface area contributed by atoms with Crippen LogP contribution in [-0.4, -0.2) is 59.4 Å². The van der Waals surface area contributed by atoms with E-state index in [1.54, 1.807) is 12.4 Å². The molecule has 162 valence electrons. The van der Waals surface area contributed by atoms with Gasteiger partial charge in [-0.05, 0) is 42.5 Å². The van der Waals surface area contributed by atoms with Crippen molar-refractivity contribution in [2.75, 3.05) is 26.7 Å². The zero-order chi connectivity index (χ0) is 21.6. The summed E-state index contributed by atoms with van der Waals surface area (Å²) >= 11 is 0. The van der Waals surface area contributed by atoms with E-state index in [-0.39, 0.29) is 30.4 Å². The fourth-order valence-electron chi connectivity index (χ4n) is 4.50. The Labute approximate surface area is 183 Å². The van der Waals surface area contributed by atoms with Crippen LogP contribution in [0.5, 0.6) is 5.75 Å². The van der Waals surface area contributed by atoms with Crippen LogP contribution in [0.3, 0.4) is 0 Å². The van der Waals surface area contributed by atoms with Crippen molar-refractivity contribution in [3.8, 4) is 5.75 Å². The molecule has 6 heteroatoms. The monoisotopic (exact) mass is 419 g/mol. The summed E-state index contributed by atoms with van der Waals surface area (Å²) in [6.07, 6.45) is 10.5. The van der Waals surface area contributed by atoms with E-state index >= 15 is 0 Å². The van der Waals surface area contributed by atoms with Crippen LogP contribution in [0, 0.1) is 5.92 Å². The summed E-state index contributed by atoms with van der Waals surface area (Å²) < 4.78 is 5.85. The number of carbonyl (C=O) groups excluding carboxylic acids is 2. The second-order valence-electron chi connectivity index (χ2n) is 8.31. The summed E-state index contributed by atoms with van der Waals surface area (Å²) in [7, 11) is 1.86. The Kier molecular flexibility index (Phi) is 6.65. The van der Waals surface area contributed by atoms with Gasteiger partial charge in [0.1, 0.15) is 5.75 Å².